The number of piperazine rings is 1. The van der Waals surface area contributed by atoms with E-state index in [0.717, 1.165) is 42.8 Å². The fourth-order valence-corrected chi connectivity index (χ4v) is 5.22. The van der Waals surface area contributed by atoms with Crippen molar-refractivity contribution in [2.24, 2.45) is 0 Å². The Balaban J connectivity index is 1.17. The van der Waals surface area contributed by atoms with E-state index in [2.05, 4.69) is 50.6 Å². The third-order valence-corrected chi connectivity index (χ3v) is 6.82. The topological polar surface area (TPSA) is 35.5 Å². The Bertz CT molecular complexity index is 930. The SMILES string of the molecule is CC1=CC(N2CCN(C3CCC(n4ccc5c(F)cccc54)CC3)CC2)=CNN1. The van der Waals surface area contributed by atoms with Gasteiger partial charge >= 0.3 is 0 Å². The van der Waals surface area contributed by atoms with Crippen molar-refractivity contribution in [3.05, 3.63) is 59.9 Å². The molecular formula is C23H30FN5. The molecule has 0 amide bonds. The van der Waals surface area contributed by atoms with E-state index in [1.807, 2.05) is 18.2 Å². The van der Waals surface area contributed by atoms with Crippen molar-refractivity contribution < 1.29 is 4.39 Å². The lowest BCUT2D eigenvalue weighted by atomic mass is 9.89. The number of allylic oxidation sites excluding steroid dienone is 2. The Kier molecular flexibility index (Phi) is 4.96. The second kappa shape index (κ2) is 7.75. The van der Waals surface area contributed by atoms with Crippen LogP contribution >= 0.6 is 0 Å². The molecule has 0 unspecified atom stereocenters. The summed E-state index contributed by atoms with van der Waals surface area (Å²) < 4.78 is 16.3. The zero-order valence-electron chi connectivity index (χ0n) is 17.1. The van der Waals surface area contributed by atoms with Crippen molar-refractivity contribution in [1.29, 1.82) is 0 Å². The number of fused-ring (bicyclic) bond motifs is 1. The van der Waals surface area contributed by atoms with Crippen molar-refractivity contribution in [2.75, 3.05) is 26.2 Å². The number of rotatable bonds is 3. The van der Waals surface area contributed by atoms with Gasteiger partial charge in [-0.25, -0.2) is 4.39 Å². The molecule has 2 aliphatic heterocycles. The van der Waals surface area contributed by atoms with E-state index in [4.69, 9.17) is 0 Å². The van der Waals surface area contributed by atoms with Crippen LogP contribution in [0.15, 0.2) is 54.1 Å². The van der Waals surface area contributed by atoms with Crippen LogP contribution in [0.5, 0.6) is 0 Å². The van der Waals surface area contributed by atoms with Gasteiger partial charge in [0, 0.05) is 61.7 Å². The highest BCUT2D eigenvalue weighted by Crippen LogP contribution is 2.34. The van der Waals surface area contributed by atoms with Crippen LogP contribution in [-0.4, -0.2) is 46.6 Å². The van der Waals surface area contributed by atoms with Crippen LogP contribution in [-0.2, 0) is 0 Å². The molecule has 0 spiro atoms. The first-order valence-electron chi connectivity index (χ1n) is 10.8. The van der Waals surface area contributed by atoms with Crippen LogP contribution in [0.4, 0.5) is 4.39 Å². The summed E-state index contributed by atoms with van der Waals surface area (Å²) in [5.74, 6) is -0.114. The minimum absolute atomic E-state index is 0.114. The summed E-state index contributed by atoms with van der Waals surface area (Å²) >= 11 is 0. The normalized spacial score (nSPS) is 25.9. The lowest BCUT2D eigenvalue weighted by Gasteiger charge is -2.43. The standard InChI is InChI=1S/C23H30FN5/c1-17-15-20(16-25-26-17)28-13-11-27(12-14-28)18-5-7-19(8-6-18)29-10-9-21-22(24)3-2-4-23(21)29/h2-4,9-10,15-16,18-19,25-26H,5-8,11-14H2,1H3. The molecule has 3 aliphatic rings. The Labute approximate surface area is 171 Å². The van der Waals surface area contributed by atoms with E-state index in [1.165, 1.54) is 31.4 Å². The van der Waals surface area contributed by atoms with Gasteiger partial charge in [0.05, 0.1) is 11.2 Å². The summed E-state index contributed by atoms with van der Waals surface area (Å²) in [6.07, 6.45) is 11.1. The van der Waals surface area contributed by atoms with E-state index in [1.54, 1.807) is 6.07 Å². The minimum Gasteiger partial charge on any atom is -0.368 e. The van der Waals surface area contributed by atoms with Crippen molar-refractivity contribution in [2.45, 2.75) is 44.7 Å². The largest absolute Gasteiger partial charge is 0.368 e. The van der Waals surface area contributed by atoms with Gasteiger partial charge in [0.1, 0.15) is 5.82 Å². The molecule has 1 aromatic heterocycles. The predicted molar refractivity (Wildman–Crippen MR) is 114 cm³/mol. The molecule has 0 atom stereocenters. The molecule has 0 radical (unpaired) electrons. The fraction of sp³-hybridized carbons (Fsp3) is 0.478. The highest BCUT2D eigenvalue weighted by Gasteiger charge is 2.29. The van der Waals surface area contributed by atoms with Crippen LogP contribution in [0.2, 0.25) is 0 Å². The third-order valence-electron chi connectivity index (χ3n) is 6.82. The van der Waals surface area contributed by atoms with Crippen LogP contribution in [0.3, 0.4) is 0 Å². The van der Waals surface area contributed by atoms with E-state index in [-0.39, 0.29) is 5.82 Å². The zero-order valence-corrected chi connectivity index (χ0v) is 17.1. The van der Waals surface area contributed by atoms with Gasteiger partial charge in [-0.05, 0) is 56.9 Å². The number of nitrogens with one attached hydrogen (secondary N) is 2. The third kappa shape index (κ3) is 3.62. The molecular weight excluding hydrogens is 365 g/mol. The van der Waals surface area contributed by atoms with Gasteiger partial charge in [0.15, 0.2) is 0 Å². The molecule has 2 aromatic rings. The predicted octanol–water partition coefficient (Wildman–Crippen LogP) is 3.73. The molecule has 3 heterocycles. The smallest absolute Gasteiger partial charge is 0.132 e. The Morgan fingerprint density at radius 3 is 2.48 bits per heavy atom. The van der Waals surface area contributed by atoms with Crippen LogP contribution in [0.25, 0.3) is 10.9 Å². The molecule has 1 aliphatic carbocycles. The lowest BCUT2D eigenvalue weighted by molar-refractivity contribution is 0.0864. The average Bonchev–Trinajstić information content (AvgIpc) is 3.20. The Hall–Kier alpha value is -2.47. The lowest BCUT2D eigenvalue weighted by Crippen LogP contribution is -2.51. The molecule has 29 heavy (non-hydrogen) atoms. The minimum atomic E-state index is -0.114. The Morgan fingerprint density at radius 2 is 1.72 bits per heavy atom. The summed E-state index contributed by atoms with van der Waals surface area (Å²) in [6.45, 7) is 6.50. The molecule has 2 N–H and O–H groups in total. The van der Waals surface area contributed by atoms with Gasteiger partial charge < -0.3 is 20.3 Å². The van der Waals surface area contributed by atoms with Crippen molar-refractivity contribution in [1.82, 2.24) is 25.2 Å². The van der Waals surface area contributed by atoms with Crippen LogP contribution < -0.4 is 10.9 Å². The summed E-state index contributed by atoms with van der Waals surface area (Å²) in [4.78, 5) is 5.16. The molecule has 154 valence electrons. The summed E-state index contributed by atoms with van der Waals surface area (Å²) in [5.41, 5.74) is 9.71. The second-order valence-corrected chi connectivity index (χ2v) is 8.55. The second-order valence-electron chi connectivity index (χ2n) is 8.55. The van der Waals surface area contributed by atoms with E-state index >= 15 is 0 Å². The quantitative estimate of drug-likeness (QED) is 0.830. The maximum Gasteiger partial charge on any atom is 0.132 e. The van der Waals surface area contributed by atoms with Gasteiger partial charge in [-0.2, -0.15) is 0 Å². The average molecular weight is 396 g/mol. The first-order valence-corrected chi connectivity index (χ1v) is 10.8. The molecule has 1 aromatic carbocycles. The number of hydrogen-bond acceptors (Lipinski definition) is 4. The molecule has 5 rings (SSSR count). The first kappa shape index (κ1) is 18.6. The number of hydrazine groups is 1. The molecule has 1 saturated carbocycles. The molecule has 6 heteroatoms. The first-order chi connectivity index (χ1) is 14.2. The highest BCUT2D eigenvalue weighted by molar-refractivity contribution is 5.80. The van der Waals surface area contributed by atoms with Gasteiger partial charge in [0.2, 0.25) is 0 Å². The Morgan fingerprint density at radius 1 is 0.966 bits per heavy atom. The summed E-state index contributed by atoms with van der Waals surface area (Å²) in [5, 5.41) is 0.747. The van der Waals surface area contributed by atoms with Gasteiger partial charge in [-0.15, -0.1) is 0 Å². The van der Waals surface area contributed by atoms with Gasteiger partial charge in [-0.1, -0.05) is 6.07 Å². The van der Waals surface area contributed by atoms with Crippen molar-refractivity contribution >= 4 is 10.9 Å². The van der Waals surface area contributed by atoms with E-state index in [0.29, 0.717) is 12.1 Å². The number of nitrogens with zero attached hydrogens (tertiary/aromatic N) is 3. The summed E-state index contributed by atoms with van der Waals surface area (Å²) in [6, 6.07) is 8.52. The maximum atomic E-state index is 14.0. The van der Waals surface area contributed by atoms with E-state index in [9.17, 15) is 4.39 Å². The molecule has 0 bridgehead atoms. The van der Waals surface area contributed by atoms with Gasteiger partial charge in [-0.3, -0.25) is 4.90 Å². The van der Waals surface area contributed by atoms with Crippen molar-refractivity contribution in [3.63, 3.8) is 0 Å². The number of hydrogen-bond donors (Lipinski definition) is 2. The van der Waals surface area contributed by atoms with E-state index < -0.39 is 0 Å². The molecule has 1 saturated heterocycles. The number of benzene rings is 1. The van der Waals surface area contributed by atoms with Crippen LogP contribution in [0, 0.1) is 5.82 Å². The highest BCUT2D eigenvalue weighted by atomic mass is 19.1. The molecule has 2 fully saturated rings. The monoisotopic (exact) mass is 395 g/mol. The van der Waals surface area contributed by atoms with Crippen molar-refractivity contribution in [3.8, 4) is 0 Å². The molecule has 5 nitrogen and oxygen atoms in total. The zero-order chi connectivity index (χ0) is 19.8. The number of aromatic nitrogens is 1. The summed E-state index contributed by atoms with van der Waals surface area (Å²) in [7, 11) is 0. The van der Waals surface area contributed by atoms with Crippen LogP contribution in [0.1, 0.15) is 38.6 Å². The van der Waals surface area contributed by atoms with Gasteiger partial charge in [0.25, 0.3) is 0 Å². The fourth-order valence-electron chi connectivity index (χ4n) is 5.22. The maximum absolute atomic E-state index is 14.0. The number of halogens is 1.